The lowest BCUT2D eigenvalue weighted by atomic mass is 10.4. The molecule has 0 atom stereocenters. The minimum Gasteiger partial charge on any atom is -0.379 e. The van der Waals surface area contributed by atoms with Gasteiger partial charge >= 0.3 is 12.6 Å². The van der Waals surface area contributed by atoms with Crippen LogP contribution < -0.4 is 5.73 Å². The van der Waals surface area contributed by atoms with Crippen LogP contribution in [0.1, 0.15) is 0 Å². The molecule has 12 heavy (non-hydrogen) atoms. The van der Waals surface area contributed by atoms with Crippen LogP contribution in [0.3, 0.4) is 0 Å². The quantitative estimate of drug-likeness (QED) is 0.499. The summed E-state index contributed by atoms with van der Waals surface area (Å²) < 4.78 is 3.50. The number of carbonyl (C=O) groups is 2. The fourth-order valence-corrected chi connectivity index (χ4v) is 0.432. The van der Waals surface area contributed by atoms with E-state index in [4.69, 9.17) is 4.79 Å². The Hall–Kier alpha value is -1.84. The summed E-state index contributed by atoms with van der Waals surface area (Å²) in [5, 5.41) is 0. The molecule has 0 unspecified atom stereocenters. The highest BCUT2D eigenvalue weighted by molar-refractivity contribution is 5.72. The van der Waals surface area contributed by atoms with Gasteiger partial charge < -0.3 is 10.5 Å². The van der Waals surface area contributed by atoms with Gasteiger partial charge in [0.1, 0.15) is 0 Å². The van der Waals surface area contributed by atoms with Crippen molar-refractivity contribution in [2.45, 2.75) is 0 Å². The summed E-state index contributed by atoms with van der Waals surface area (Å²) in [6, 6.07) is 12.0. The van der Waals surface area contributed by atoms with Gasteiger partial charge in [-0.05, 0) is 0 Å². The van der Waals surface area contributed by atoms with Gasteiger partial charge in [0.15, 0.2) is 0 Å². The molecule has 1 amide bonds. The fourth-order valence-electron chi connectivity index (χ4n) is 0.432. The second-order valence-corrected chi connectivity index (χ2v) is 1.69. The Morgan fingerprint density at radius 1 is 1.08 bits per heavy atom. The lowest BCUT2D eigenvalue weighted by molar-refractivity contribution is -0.123. The van der Waals surface area contributed by atoms with Crippen molar-refractivity contribution < 1.29 is 14.3 Å². The van der Waals surface area contributed by atoms with E-state index in [-0.39, 0.29) is 6.47 Å². The van der Waals surface area contributed by atoms with E-state index in [2.05, 4.69) is 10.5 Å². The molecule has 4 heteroatoms. The van der Waals surface area contributed by atoms with Crippen molar-refractivity contribution in [3.8, 4) is 0 Å². The van der Waals surface area contributed by atoms with E-state index in [1.165, 1.54) is 0 Å². The topological polar surface area (TPSA) is 69.4 Å². The third kappa shape index (κ3) is 8.16. The molecule has 0 aliphatic heterocycles. The first-order valence-corrected chi connectivity index (χ1v) is 3.17. The third-order valence-corrected chi connectivity index (χ3v) is 0.831. The number of rotatable bonds is 1. The molecule has 0 heterocycles. The zero-order chi connectivity index (χ0) is 9.23. The number of hydrogen-bond acceptors (Lipinski definition) is 3. The van der Waals surface area contributed by atoms with Gasteiger partial charge in [-0.2, -0.15) is 0 Å². The monoisotopic (exact) mass is 167 g/mol. The van der Waals surface area contributed by atoms with Crippen LogP contribution in [0, 0.1) is 0 Å². The molecule has 1 aromatic rings. The third-order valence-electron chi connectivity index (χ3n) is 0.831. The molecular formula is C8H9NO3. The van der Waals surface area contributed by atoms with E-state index in [0.29, 0.717) is 0 Å². The van der Waals surface area contributed by atoms with E-state index in [1.54, 1.807) is 0 Å². The molecule has 0 aliphatic carbocycles. The largest absolute Gasteiger partial charge is 0.412 e. The number of amides is 1. The molecule has 0 aromatic heterocycles. The van der Waals surface area contributed by atoms with Crippen LogP contribution in [0.5, 0.6) is 0 Å². The molecule has 64 valence electrons. The highest BCUT2D eigenvalue weighted by atomic mass is 16.6. The summed E-state index contributed by atoms with van der Waals surface area (Å²) >= 11 is 0. The van der Waals surface area contributed by atoms with Gasteiger partial charge in [0.05, 0.1) is 0 Å². The van der Waals surface area contributed by atoms with Crippen molar-refractivity contribution in [1.29, 1.82) is 0 Å². The maximum Gasteiger partial charge on any atom is 0.412 e. The lowest BCUT2D eigenvalue weighted by Gasteiger charge is -1.79. The minimum absolute atomic E-state index is 0.0255. The summed E-state index contributed by atoms with van der Waals surface area (Å²) in [5.74, 6) is 0. The maximum atomic E-state index is 9.37. The normalized spacial score (nSPS) is 7.33. The molecule has 4 nitrogen and oxygen atoms in total. The number of hydrogen-bond donors (Lipinski definition) is 1. The van der Waals surface area contributed by atoms with E-state index < -0.39 is 6.09 Å². The van der Waals surface area contributed by atoms with Gasteiger partial charge in [-0.25, -0.2) is 4.79 Å². The molecule has 1 rings (SSSR count). The molecule has 0 saturated heterocycles. The molecule has 0 fully saturated rings. The van der Waals surface area contributed by atoms with Gasteiger partial charge in [0.25, 0.3) is 0 Å². The predicted octanol–water partition coefficient (Wildman–Crippen LogP) is 0.925. The van der Waals surface area contributed by atoms with Crippen LogP contribution >= 0.6 is 0 Å². The van der Waals surface area contributed by atoms with Crippen molar-refractivity contribution in [1.82, 2.24) is 0 Å². The van der Waals surface area contributed by atoms with E-state index >= 15 is 0 Å². The van der Waals surface area contributed by atoms with Crippen LogP contribution in [0.15, 0.2) is 36.4 Å². The lowest BCUT2D eigenvalue weighted by Crippen LogP contribution is -2.10. The molecule has 0 spiro atoms. The highest BCUT2D eigenvalue weighted by Crippen LogP contribution is 1.79. The van der Waals surface area contributed by atoms with Crippen molar-refractivity contribution >= 4 is 12.6 Å². The molecule has 2 N–H and O–H groups in total. The molecule has 0 bridgehead atoms. The Morgan fingerprint density at radius 2 is 1.42 bits per heavy atom. The number of carbonyl (C=O) groups excluding carboxylic acids is 2. The van der Waals surface area contributed by atoms with Crippen molar-refractivity contribution in [2.75, 3.05) is 0 Å². The van der Waals surface area contributed by atoms with Crippen LogP contribution in [0.25, 0.3) is 0 Å². The summed E-state index contributed by atoms with van der Waals surface area (Å²) in [4.78, 5) is 18.5. The molecular weight excluding hydrogens is 158 g/mol. The van der Waals surface area contributed by atoms with Gasteiger partial charge in [0.2, 0.25) is 0 Å². The zero-order valence-electron chi connectivity index (χ0n) is 6.34. The maximum absolute atomic E-state index is 9.37. The van der Waals surface area contributed by atoms with Gasteiger partial charge in [-0.3, -0.25) is 4.79 Å². The number of primary amides is 1. The average molecular weight is 167 g/mol. The zero-order valence-corrected chi connectivity index (χ0v) is 6.34. The SMILES string of the molecule is NC(=O)OC=O.c1ccccc1. The predicted molar refractivity (Wildman–Crippen MR) is 43.2 cm³/mol. The van der Waals surface area contributed by atoms with Crippen LogP contribution in [0.4, 0.5) is 4.79 Å². The number of ether oxygens (including phenoxy) is 1. The van der Waals surface area contributed by atoms with Gasteiger partial charge in [-0.15, -0.1) is 0 Å². The van der Waals surface area contributed by atoms with Crippen LogP contribution in [0.2, 0.25) is 0 Å². The van der Waals surface area contributed by atoms with Crippen LogP contribution in [-0.4, -0.2) is 12.6 Å². The summed E-state index contributed by atoms with van der Waals surface area (Å²) in [7, 11) is 0. The Kier molecular flexibility index (Phi) is 6.15. The first-order valence-electron chi connectivity index (χ1n) is 3.17. The first kappa shape index (κ1) is 10.2. The minimum atomic E-state index is -1.08. The van der Waals surface area contributed by atoms with Crippen molar-refractivity contribution in [3.05, 3.63) is 36.4 Å². The Balaban J connectivity index is 0.000000202. The highest BCUT2D eigenvalue weighted by Gasteiger charge is 1.83. The van der Waals surface area contributed by atoms with Gasteiger partial charge in [-0.1, -0.05) is 36.4 Å². The Labute approximate surface area is 69.9 Å². The summed E-state index contributed by atoms with van der Waals surface area (Å²) in [6.07, 6.45) is -1.08. The number of nitrogens with two attached hydrogens (primary N) is 1. The smallest absolute Gasteiger partial charge is 0.379 e. The molecule has 0 saturated carbocycles. The molecule has 0 radical (unpaired) electrons. The first-order chi connectivity index (χ1) is 5.77. The van der Waals surface area contributed by atoms with Crippen molar-refractivity contribution in [2.24, 2.45) is 5.73 Å². The second-order valence-electron chi connectivity index (χ2n) is 1.69. The average Bonchev–Trinajstić information content (AvgIpc) is 2.08. The number of benzene rings is 1. The summed E-state index contributed by atoms with van der Waals surface area (Å²) in [5.41, 5.74) is 4.31. The standard InChI is InChI=1S/C6H6.C2H3NO3/c1-2-4-6-5-3-1;3-2(5)6-1-4/h1-6H;1H,(H2,3,5). The second kappa shape index (κ2) is 7.27. The van der Waals surface area contributed by atoms with E-state index in [0.717, 1.165) is 0 Å². The van der Waals surface area contributed by atoms with Gasteiger partial charge in [0, 0.05) is 0 Å². The van der Waals surface area contributed by atoms with Crippen LogP contribution in [-0.2, 0) is 9.53 Å². The summed E-state index contributed by atoms with van der Waals surface area (Å²) in [6.45, 7) is -0.0255. The van der Waals surface area contributed by atoms with E-state index in [1.807, 2.05) is 36.4 Å². The molecule has 1 aromatic carbocycles. The fraction of sp³-hybridized carbons (Fsp3) is 0. The van der Waals surface area contributed by atoms with E-state index in [9.17, 15) is 4.79 Å². The van der Waals surface area contributed by atoms with Crippen molar-refractivity contribution in [3.63, 3.8) is 0 Å². The Bertz CT molecular complexity index is 196. The Morgan fingerprint density at radius 3 is 1.50 bits per heavy atom. The molecule has 0 aliphatic rings.